The molecular weight excluding hydrogens is 392 g/mol. The molecular formula is C21H26N2O5S. The normalized spacial score (nSPS) is 21.9. The first kappa shape index (κ1) is 19.9. The molecule has 1 amide bonds. The van der Waals surface area contributed by atoms with E-state index in [-0.39, 0.29) is 36.1 Å². The molecule has 29 heavy (non-hydrogen) atoms. The number of benzene rings is 1. The number of carbonyl (C=O) groups excluding carboxylic acids is 2. The van der Waals surface area contributed by atoms with Crippen LogP contribution in [0.2, 0.25) is 0 Å². The van der Waals surface area contributed by atoms with Gasteiger partial charge < -0.3 is 14.6 Å². The number of hydrogen-bond acceptors (Lipinski definition) is 5. The Morgan fingerprint density at radius 3 is 2.55 bits per heavy atom. The van der Waals surface area contributed by atoms with Crippen LogP contribution in [-0.4, -0.2) is 60.4 Å². The highest BCUT2D eigenvalue weighted by molar-refractivity contribution is 7.91. The lowest BCUT2D eigenvalue weighted by molar-refractivity contribution is -0.140. The Labute approximate surface area is 170 Å². The van der Waals surface area contributed by atoms with Crippen molar-refractivity contribution in [1.29, 1.82) is 0 Å². The van der Waals surface area contributed by atoms with Crippen molar-refractivity contribution < 1.29 is 22.7 Å². The fourth-order valence-electron chi connectivity index (χ4n) is 4.58. The third-order valence-corrected chi connectivity index (χ3v) is 7.74. The minimum Gasteiger partial charge on any atom is -0.452 e. The van der Waals surface area contributed by atoms with Crippen molar-refractivity contribution >= 4 is 32.6 Å². The van der Waals surface area contributed by atoms with Crippen LogP contribution in [0.3, 0.4) is 0 Å². The van der Waals surface area contributed by atoms with E-state index in [4.69, 9.17) is 4.74 Å². The summed E-state index contributed by atoms with van der Waals surface area (Å²) in [4.78, 5) is 30.3. The number of hydrogen-bond donors (Lipinski definition) is 1. The van der Waals surface area contributed by atoms with Crippen LogP contribution < -0.4 is 0 Å². The van der Waals surface area contributed by atoms with E-state index in [9.17, 15) is 18.0 Å². The fourth-order valence-corrected chi connectivity index (χ4v) is 6.29. The second-order valence-electron chi connectivity index (χ2n) is 7.97. The minimum absolute atomic E-state index is 0.00559. The molecule has 1 atom stereocenters. The lowest BCUT2D eigenvalue weighted by Crippen LogP contribution is -2.50. The molecule has 156 valence electrons. The van der Waals surface area contributed by atoms with Gasteiger partial charge >= 0.3 is 5.97 Å². The number of nitrogens with zero attached hydrogens (tertiary/aromatic N) is 1. The first-order valence-corrected chi connectivity index (χ1v) is 12.0. The summed E-state index contributed by atoms with van der Waals surface area (Å²) in [6, 6.07) is 7.10. The van der Waals surface area contributed by atoms with Crippen molar-refractivity contribution in [2.45, 2.75) is 50.6 Å². The van der Waals surface area contributed by atoms with Gasteiger partial charge in [0.2, 0.25) is 0 Å². The van der Waals surface area contributed by atoms with Gasteiger partial charge in [-0.05, 0) is 25.3 Å². The van der Waals surface area contributed by atoms with E-state index in [1.54, 1.807) is 11.1 Å². The standard InChI is InChI=1S/C21H26N2O5S/c24-20(13-28-21(25)18-12-22-19-9-5-4-8-17(18)19)23(15-6-2-1-3-7-15)16-10-11-29(26,27)14-16/h4-5,8-9,12,15-16,22H,1-3,6-7,10-11,13-14H2/t16-/m0/s1. The maximum atomic E-state index is 13.0. The number of para-hydroxylation sites is 1. The van der Waals surface area contributed by atoms with Crippen LogP contribution in [0.1, 0.15) is 48.9 Å². The second-order valence-corrected chi connectivity index (χ2v) is 10.2. The fraction of sp³-hybridized carbons (Fsp3) is 0.524. The number of ether oxygens (including phenoxy) is 1. The monoisotopic (exact) mass is 418 g/mol. The van der Waals surface area contributed by atoms with Crippen molar-refractivity contribution in [2.24, 2.45) is 0 Å². The third-order valence-electron chi connectivity index (χ3n) is 5.99. The summed E-state index contributed by atoms with van der Waals surface area (Å²) in [5.74, 6) is -0.736. The van der Waals surface area contributed by atoms with E-state index in [1.165, 1.54) is 0 Å². The molecule has 1 aliphatic carbocycles. The molecule has 7 nitrogen and oxygen atoms in total. The molecule has 0 spiro atoms. The molecule has 1 saturated heterocycles. The lowest BCUT2D eigenvalue weighted by atomic mass is 9.93. The van der Waals surface area contributed by atoms with Gasteiger partial charge in [0.1, 0.15) is 0 Å². The molecule has 2 aromatic rings. The summed E-state index contributed by atoms with van der Waals surface area (Å²) in [6.07, 6.45) is 6.99. The van der Waals surface area contributed by atoms with E-state index in [0.717, 1.165) is 43.0 Å². The molecule has 1 saturated carbocycles. The van der Waals surface area contributed by atoms with Crippen LogP contribution in [0.15, 0.2) is 30.5 Å². The number of carbonyl (C=O) groups is 2. The number of nitrogens with one attached hydrogen (secondary N) is 1. The number of amides is 1. The van der Waals surface area contributed by atoms with Gasteiger partial charge in [-0.25, -0.2) is 13.2 Å². The lowest BCUT2D eigenvalue weighted by Gasteiger charge is -2.38. The van der Waals surface area contributed by atoms with Gasteiger partial charge in [0.15, 0.2) is 16.4 Å². The topological polar surface area (TPSA) is 96.5 Å². The number of H-pyrrole nitrogens is 1. The number of esters is 1. The molecule has 2 aliphatic rings. The van der Waals surface area contributed by atoms with Crippen LogP contribution >= 0.6 is 0 Å². The molecule has 2 fully saturated rings. The third kappa shape index (κ3) is 4.32. The van der Waals surface area contributed by atoms with E-state index >= 15 is 0 Å². The summed E-state index contributed by atoms with van der Waals surface area (Å²) >= 11 is 0. The molecule has 0 bridgehead atoms. The Hall–Kier alpha value is -2.35. The van der Waals surface area contributed by atoms with Crippen molar-refractivity contribution in [2.75, 3.05) is 18.1 Å². The maximum absolute atomic E-state index is 13.0. The Morgan fingerprint density at radius 2 is 1.83 bits per heavy atom. The summed E-state index contributed by atoms with van der Waals surface area (Å²) < 4.78 is 29.3. The zero-order chi connectivity index (χ0) is 20.4. The molecule has 4 rings (SSSR count). The number of fused-ring (bicyclic) bond motifs is 1. The highest BCUT2D eigenvalue weighted by Gasteiger charge is 2.38. The second kappa shape index (κ2) is 8.18. The smallest absolute Gasteiger partial charge is 0.340 e. The number of rotatable bonds is 5. The van der Waals surface area contributed by atoms with Gasteiger partial charge in [-0.2, -0.15) is 0 Å². The highest BCUT2D eigenvalue weighted by Crippen LogP contribution is 2.28. The summed E-state index contributed by atoms with van der Waals surface area (Å²) in [5.41, 5.74) is 1.21. The number of aromatic amines is 1. The quantitative estimate of drug-likeness (QED) is 0.753. The van der Waals surface area contributed by atoms with Gasteiger partial charge in [-0.15, -0.1) is 0 Å². The molecule has 0 radical (unpaired) electrons. The molecule has 2 heterocycles. The van der Waals surface area contributed by atoms with Crippen LogP contribution in [0.4, 0.5) is 0 Å². The predicted octanol–water partition coefficient (Wildman–Crippen LogP) is 2.67. The van der Waals surface area contributed by atoms with Gasteiger partial charge in [-0.3, -0.25) is 4.79 Å². The van der Waals surface area contributed by atoms with Crippen molar-refractivity contribution in [3.63, 3.8) is 0 Å². The van der Waals surface area contributed by atoms with Crippen molar-refractivity contribution in [3.8, 4) is 0 Å². The Kier molecular flexibility index (Phi) is 5.63. The van der Waals surface area contributed by atoms with E-state index in [2.05, 4.69) is 4.98 Å². The predicted molar refractivity (Wildman–Crippen MR) is 109 cm³/mol. The highest BCUT2D eigenvalue weighted by atomic mass is 32.2. The van der Waals surface area contributed by atoms with E-state index in [1.807, 2.05) is 24.3 Å². The average molecular weight is 419 g/mol. The zero-order valence-electron chi connectivity index (χ0n) is 16.3. The van der Waals surface area contributed by atoms with Crippen LogP contribution in [0.25, 0.3) is 10.9 Å². The van der Waals surface area contributed by atoms with Crippen LogP contribution in [0.5, 0.6) is 0 Å². The average Bonchev–Trinajstić information content (AvgIpc) is 3.30. The Morgan fingerprint density at radius 1 is 1.07 bits per heavy atom. The van der Waals surface area contributed by atoms with E-state index in [0.29, 0.717) is 12.0 Å². The summed E-state index contributed by atoms with van der Waals surface area (Å²) in [5, 5.41) is 0.746. The van der Waals surface area contributed by atoms with Crippen molar-refractivity contribution in [1.82, 2.24) is 9.88 Å². The van der Waals surface area contributed by atoms with Gasteiger partial charge in [-0.1, -0.05) is 37.5 Å². The maximum Gasteiger partial charge on any atom is 0.340 e. The van der Waals surface area contributed by atoms with Gasteiger partial charge in [0.25, 0.3) is 5.91 Å². The SMILES string of the molecule is O=C(OCC(=O)N(C1CCCCC1)[C@H]1CCS(=O)(=O)C1)c1c[nH]c2ccccc12. The number of aromatic nitrogens is 1. The molecule has 0 unspecified atom stereocenters. The Balaban J connectivity index is 1.46. The summed E-state index contributed by atoms with van der Waals surface area (Å²) in [7, 11) is -3.11. The number of sulfone groups is 1. The van der Waals surface area contributed by atoms with Crippen molar-refractivity contribution in [3.05, 3.63) is 36.0 Å². The molecule has 1 N–H and O–H groups in total. The zero-order valence-corrected chi connectivity index (χ0v) is 17.1. The van der Waals surface area contributed by atoms with Crippen LogP contribution in [0, 0.1) is 0 Å². The van der Waals surface area contributed by atoms with E-state index < -0.39 is 15.8 Å². The summed E-state index contributed by atoms with van der Waals surface area (Å²) in [6.45, 7) is -0.370. The largest absolute Gasteiger partial charge is 0.452 e. The Bertz CT molecular complexity index is 1010. The molecule has 1 aromatic carbocycles. The van der Waals surface area contributed by atoms with Gasteiger partial charge in [0.05, 0.1) is 17.1 Å². The molecule has 8 heteroatoms. The van der Waals surface area contributed by atoms with Gasteiger partial charge in [0, 0.05) is 29.2 Å². The molecule has 1 aromatic heterocycles. The molecule has 1 aliphatic heterocycles. The minimum atomic E-state index is -3.11. The first-order valence-electron chi connectivity index (χ1n) is 10.2. The first-order chi connectivity index (χ1) is 13.9. The van der Waals surface area contributed by atoms with Crippen LogP contribution in [-0.2, 0) is 19.4 Å².